The van der Waals surface area contributed by atoms with Crippen molar-refractivity contribution in [1.29, 1.82) is 5.26 Å². The summed E-state index contributed by atoms with van der Waals surface area (Å²) in [4.78, 5) is 23.8. The first-order valence-electron chi connectivity index (χ1n) is 5.36. The Bertz CT molecular complexity index is 579. The van der Waals surface area contributed by atoms with Crippen molar-refractivity contribution >= 4 is 27.5 Å². The molecule has 2 bridgehead atoms. The van der Waals surface area contributed by atoms with Crippen LogP contribution in [0.25, 0.3) is 0 Å². The van der Waals surface area contributed by atoms with Gasteiger partial charge in [0, 0.05) is 16.0 Å². The summed E-state index contributed by atoms with van der Waals surface area (Å²) in [7, 11) is 0. The third-order valence-electron chi connectivity index (χ3n) is 3.80. The molecule has 0 saturated heterocycles. The van der Waals surface area contributed by atoms with E-state index in [1.807, 2.05) is 12.2 Å². The highest BCUT2D eigenvalue weighted by atomic mass is 79.9. The van der Waals surface area contributed by atoms with Crippen LogP contribution in [0.4, 0.5) is 0 Å². The van der Waals surface area contributed by atoms with E-state index in [1.54, 1.807) is 0 Å². The first-order valence-corrected chi connectivity index (χ1v) is 6.16. The lowest BCUT2D eigenvalue weighted by Gasteiger charge is -2.34. The third kappa shape index (κ3) is 1.15. The zero-order chi connectivity index (χ0) is 12.2. The molecule has 4 heteroatoms. The summed E-state index contributed by atoms with van der Waals surface area (Å²) in [6.07, 6.45) is 7.06. The van der Waals surface area contributed by atoms with Gasteiger partial charge in [-0.1, -0.05) is 28.1 Å². The zero-order valence-electron chi connectivity index (χ0n) is 8.81. The van der Waals surface area contributed by atoms with Gasteiger partial charge in [0.15, 0.2) is 11.6 Å². The van der Waals surface area contributed by atoms with Crippen molar-refractivity contribution in [3.63, 3.8) is 0 Å². The minimum absolute atomic E-state index is 0.0696. The summed E-state index contributed by atoms with van der Waals surface area (Å²) >= 11 is 3.38. The fourth-order valence-electron chi connectivity index (χ4n) is 2.88. The summed E-state index contributed by atoms with van der Waals surface area (Å²) < 4.78 is 0.692. The summed E-state index contributed by atoms with van der Waals surface area (Å²) in [6.45, 7) is 0. The van der Waals surface area contributed by atoms with E-state index in [9.17, 15) is 14.9 Å². The van der Waals surface area contributed by atoms with Gasteiger partial charge in [-0.2, -0.15) is 5.26 Å². The number of fused-ring (bicyclic) bond motifs is 2. The van der Waals surface area contributed by atoms with Crippen LogP contribution in [0.15, 0.2) is 34.4 Å². The molecule has 0 radical (unpaired) electrons. The topological polar surface area (TPSA) is 57.9 Å². The number of carbonyl (C=O) groups excluding carboxylic acids is 2. The van der Waals surface area contributed by atoms with Crippen LogP contribution in [0.3, 0.4) is 0 Å². The number of ketones is 2. The molecule has 0 N–H and O–H groups in total. The molecule has 3 nitrogen and oxygen atoms in total. The molecule has 0 aromatic heterocycles. The van der Waals surface area contributed by atoms with Crippen molar-refractivity contribution in [2.24, 2.45) is 17.3 Å². The quantitative estimate of drug-likeness (QED) is 0.642. The van der Waals surface area contributed by atoms with Gasteiger partial charge in [-0.3, -0.25) is 9.59 Å². The predicted molar refractivity (Wildman–Crippen MR) is 63.9 cm³/mol. The van der Waals surface area contributed by atoms with Gasteiger partial charge in [-0.15, -0.1) is 0 Å². The second-order valence-electron chi connectivity index (χ2n) is 4.57. The van der Waals surface area contributed by atoms with Crippen LogP contribution in [-0.2, 0) is 9.59 Å². The lowest BCUT2D eigenvalue weighted by atomic mass is 9.67. The molecule has 4 aliphatic carbocycles. The van der Waals surface area contributed by atoms with E-state index >= 15 is 0 Å². The molecule has 0 fully saturated rings. The maximum atomic E-state index is 11.9. The van der Waals surface area contributed by atoms with E-state index < -0.39 is 5.41 Å². The molecule has 0 unspecified atom stereocenters. The zero-order valence-corrected chi connectivity index (χ0v) is 10.4. The van der Waals surface area contributed by atoms with Crippen molar-refractivity contribution in [3.8, 4) is 6.07 Å². The molecule has 1 spiro atoms. The summed E-state index contributed by atoms with van der Waals surface area (Å²) in [5, 5.41) is 9.29. The highest BCUT2D eigenvalue weighted by Crippen LogP contribution is 2.56. The minimum Gasteiger partial charge on any atom is -0.294 e. The number of nitrogens with zero attached hydrogens (tertiary/aromatic N) is 1. The molecule has 4 rings (SSSR count). The predicted octanol–water partition coefficient (Wildman–Crippen LogP) is 2.06. The van der Waals surface area contributed by atoms with Gasteiger partial charge >= 0.3 is 0 Å². The van der Waals surface area contributed by atoms with Crippen molar-refractivity contribution < 1.29 is 9.59 Å². The molecule has 0 aromatic carbocycles. The molecular formula is C13H8BrNO2. The van der Waals surface area contributed by atoms with Gasteiger partial charge in [0.25, 0.3) is 0 Å². The number of hydrogen-bond donors (Lipinski definition) is 0. The van der Waals surface area contributed by atoms with Crippen molar-refractivity contribution in [2.75, 3.05) is 0 Å². The Morgan fingerprint density at radius 1 is 1.41 bits per heavy atom. The van der Waals surface area contributed by atoms with Crippen LogP contribution < -0.4 is 0 Å². The number of allylic oxidation sites excluding steroid dienone is 6. The molecule has 17 heavy (non-hydrogen) atoms. The van der Waals surface area contributed by atoms with Crippen LogP contribution in [0.5, 0.6) is 0 Å². The maximum Gasteiger partial charge on any atom is 0.184 e. The van der Waals surface area contributed by atoms with E-state index in [0.717, 1.165) is 0 Å². The molecule has 0 heterocycles. The number of hydrogen-bond acceptors (Lipinski definition) is 3. The molecule has 84 valence electrons. The van der Waals surface area contributed by atoms with Gasteiger partial charge < -0.3 is 0 Å². The number of carbonyl (C=O) groups is 2. The average Bonchev–Trinajstić information content (AvgIpc) is 2.46. The summed E-state index contributed by atoms with van der Waals surface area (Å²) in [5.41, 5.74) is -0.272. The normalized spacial score (nSPS) is 38.4. The van der Waals surface area contributed by atoms with Crippen molar-refractivity contribution in [1.82, 2.24) is 0 Å². The van der Waals surface area contributed by atoms with Gasteiger partial charge in [0.2, 0.25) is 0 Å². The van der Waals surface area contributed by atoms with Gasteiger partial charge in [0.05, 0.1) is 17.4 Å². The summed E-state index contributed by atoms with van der Waals surface area (Å²) in [5.74, 6) is -0.846. The Morgan fingerprint density at radius 3 is 2.88 bits per heavy atom. The Labute approximate surface area is 107 Å². The lowest BCUT2D eigenvalue weighted by molar-refractivity contribution is -0.117. The molecule has 0 saturated carbocycles. The van der Waals surface area contributed by atoms with Gasteiger partial charge in [-0.25, -0.2) is 0 Å². The highest BCUT2D eigenvalue weighted by Gasteiger charge is 2.53. The molecule has 0 aromatic rings. The van der Waals surface area contributed by atoms with Crippen LogP contribution in [-0.4, -0.2) is 11.6 Å². The van der Waals surface area contributed by atoms with Crippen LogP contribution in [0.2, 0.25) is 0 Å². The lowest BCUT2D eigenvalue weighted by Crippen LogP contribution is -2.32. The van der Waals surface area contributed by atoms with Crippen molar-refractivity contribution in [3.05, 3.63) is 34.4 Å². The monoisotopic (exact) mass is 289 g/mol. The fourth-order valence-corrected chi connectivity index (χ4v) is 3.71. The van der Waals surface area contributed by atoms with Crippen LogP contribution in [0, 0.1) is 28.6 Å². The standard InChI is InChI=1S/C13H8BrNO2/c14-12-5-11(17)9-4-10(16)7-1-2-13(9,12)8(3-7)6-15/h1-2,4-5,7-8H,3H2/t7-,8+,13-/m0/s1. The highest BCUT2D eigenvalue weighted by molar-refractivity contribution is 9.11. The Hall–Kier alpha value is -1.47. The minimum atomic E-state index is -0.714. The number of rotatable bonds is 0. The number of halogens is 1. The SMILES string of the molecule is N#C[C@H]1C[C@@H]2C=C[C@]13C(Br)=CC(=O)C3=CC2=O. The van der Waals surface area contributed by atoms with Crippen LogP contribution in [0.1, 0.15) is 6.42 Å². The van der Waals surface area contributed by atoms with Gasteiger partial charge in [0.1, 0.15) is 0 Å². The average molecular weight is 290 g/mol. The summed E-state index contributed by atoms with van der Waals surface area (Å²) in [6, 6.07) is 2.24. The van der Waals surface area contributed by atoms with Gasteiger partial charge in [-0.05, 0) is 18.6 Å². The Balaban J connectivity index is 2.33. The van der Waals surface area contributed by atoms with E-state index in [0.29, 0.717) is 16.5 Å². The van der Waals surface area contributed by atoms with Crippen molar-refractivity contribution in [2.45, 2.75) is 6.42 Å². The molecular weight excluding hydrogens is 282 g/mol. The van der Waals surface area contributed by atoms with E-state index in [4.69, 9.17) is 0 Å². The molecule has 0 amide bonds. The van der Waals surface area contributed by atoms with E-state index in [1.165, 1.54) is 12.2 Å². The second-order valence-corrected chi connectivity index (χ2v) is 5.42. The maximum absolute atomic E-state index is 11.9. The Kier molecular flexibility index (Phi) is 2.05. The van der Waals surface area contributed by atoms with Crippen LogP contribution >= 0.6 is 15.9 Å². The molecule has 4 aliphatic rings. The largest absolute Gasteiger partial charge is 0.294 e. The smallest absolute Gasteiger partial charge is 0.184 e. The number of nitriles is 1. The molecule has 0 aliphatic heterocycles. The van der Waals surface area contributed by atoms with E-state index in [2.05, 4.69) is 22.0 Å². The molecule has 3 atom stereocenters. The second kappa shape index (κ2) is 3.27. The fraction of sp³-hybridized carbons (Fsp3) is 0.308. The first-order chi connectivity index (χ1) is 8.09. The first kappa shape index (κ1) is 10.7. The van der Waals surface area contributed by atoms with E-state index in [-0.39, 0.29) is 23.4 Å². The Morgan fingerprint density at radius 2 is 2.18 bits per heavy atom. The third-order valence-corrected chi connectivity index (χ3v) is 4.69.